The summed E-state index contributed by atoms with van der Waals surface area (Å²) in [4.78, 5) is 40.0. The fourth-order valence-corrected chi connectivity index (χ4v) is 3.99. The molecule has 0 spiro atoms. The first-order valence-corrected chi connectivity index (χ1v) is 10.0. The lowest BCUT2D eigenvalue weighted by molar-refractivity contribution is -0.117. The number of thioether (sulfide) groups is 1. The maximum Gasteiger partial charge on any atom is 0.292 e. The summed E-state index contributed by atoms with van der Waals surface area (Å²) in [6.07, 6.45) is 3.71. The number of carbonyl (C=O) groups excluding carboxylic acids is 2. The second-order valence-electron chi connectivity index (χ2n) is 6.81. The summed E-state index contributed by atoms with van der Waals surface area (Å²) < 4.78 is 6.32. The van der Waals surface area contributed by atoms with Crippen molar-refractivity contribution in [3.8, 4) is 5.75 Å². The van der Waals surface area contributed by atoms with Crippen molar-refractivity contribution < 1.29 is 14.3 Å². The summed E-state index contributed by atoms with van der Waals surface area (Å²) in [5.74, 6) is 0.813. The molecule has 1 fully saturated rings. The molecule has 0 bridgehead atoms. The first-order chi connectivity index (χ1) is 13.6. The fraction of sp³-hybridized carbons (Fsp3) is 0.368. The SMILES string of the molecule is COc1ccccc1NC(=O)Cn1ncc2c(c1=O)N(CC1CC1)C(=O)CS2. The molecule has 1 aliphatic heterocycles. The van der Waals surface area contributed by atoms with Crippen LogP contribution in [-0.2, 0) is 16.1 Å². The van der Waals surface area contributed by atoms with Crippen LogP contribution >= 0.6 is 11.8 Å². The van der Waals surface area contributed by atoms with Gasteiger partial charge in [0, 0.05) is 6.54 Å². The molecule has 2 aromatic rings. The van der Waals surface area contributed by atoms with Crippen LogP contribution in [0.1, 0.15) is 12.8 Å². The number of fused-ring (bicyclic) bond motifs is 1. The van der Waals surface area contributed by atoms with E-state index in [1.165, 1.54) is 18.9 Å². The van der Waals surface area contributed by atoms with Crippen LogP contribution in [0.25, 0.3) is 0 Å². The normalized spacial score (nSPS) is 15.9. The topological polar surface area (TPSA) is 93.5 Å². The molecule has 1 aromatic carbocycles. The summed E-state index contributed by atoms with van der Waals surface area (Å²) in [6.45, 7) is 0.305. The lowest BCUT2D eigenvalue weighted by Gasteiger charge is -2.28. The number of ether oxygens (including phenoxy) is 1. The second kappa shape index (κ2) is 7.67. The van der Waals surface area contributed by atoms with Gasteiger partial charge in [0.2, 0.25) is 11.8 Å². The standard InChI is InChI=1S/C19H20N4O4S/c1-27-14-5-3-2-4-13(14)21-16(24)10-23-19(26)18-15(8-20-23)28-11-17(25)22(18)9-12-6-7-12/h2-5,8,12H,6-7,9-11H2,1H3,(H,21,24). The zero-order chi connectivity index (χ0) is 19.7. The van der Waals surface area contributed by atoms with Gasteiger partial charge in [-0.1, -0.05) is 12.1 Å². The highest BCUT2D eigenvalue weighted by Gasteiger charge is 2.34. The highest BCUT2D eigenvalue weighted by Crippen LogP contribution is 2.36. The van der Waals surface area contributed by atoms with Crippen LogP contribution in [0.15, 0.2) is 40.2 Å². The quantitative estimate of drug-likeness (QED) is 0.794. The molecule has 0 saturated heterocycles. The number of para-hydroxylation sites is 2. The van der Waals surface area contributed by atoms with E-state index in [9.17, 15) is 14.4 Å². The average molecular weight is 400 g/mol. The Morgan fingerprint density at radius 3 is 2.86 bits per heavy atom. The maximum atomic E-state index is 13.0. The van der Waals surface area contributed by atoms with Gasteiger partial charge < -0.3 is 15.0 Å². The van der Waals surface area contributed by atoms with E-state index in [2.05, 4.69) is 10.4 Å². The Labute approximate surface area is 165 Å². The van der Waals surface area contributed by atoms with Gasteiger partial charge in [0.05, 0.1) is 29.6 Å². The van der Waals surface area contributed by atoms with Crippen LogP contribution in [0.4, 0.5) is 11.4 Å². The molecule has 28 heavy (non-hydrogen) atoms. The van der Waals surface area contributed by atoms with Crippen molar-refractivity contribution in [1.29, 1.82) is 0 Å². The van der Waals surface area contributed by atoms with Crippen molar-refractivity contribution in [1.82, 2.24) is 9.78 Å². The van der Waals surface area contributed by atoms with Crippen LogP contribution in [0, 0.1) is 5.92 Å². The van der Waals surface area contributed by atoms with E-state index in [0.717, 1.165) is 17.5 Å². The van der Waals surface area contributed by atoms with Crippen LogP contribution in [0.5, 0.6) is 5.75 Å². The predicted octanol–water partition coefficient (Wildman–Crippen LogP) is 1.74. The summed E-state index contributed by atoms with van der Waals surface area (Å²) >= 11 is 1.31. The molecule has 1 saturated carbocycles. The number of anilines is 2. The third kappa shape index (κ3) is 3.75. The lowest BCUT2D eigenvalue weighted by atomic mass is 10.3. The lowest BCUT2D eigenvalue weighted by Crippen LogP contribution is -2.43. The molecule has 4 rings (SSSR count). The average Bonchev–Trinajstić information content (AvgIpc) is 3.51. The van der Waals surface area contributed by atoms with E-state index < -0.39 is 11.5 Å². The number of hydrogen-bond donors (Lipinski definition) is 1. The number of nitrogens with one attached hydrogen (secondary N) is 1. The first kappa shape index (κ1) is 18.5. The Balaban J connectivity index is 1.57. The minimum Gasteiger partial charge on any atom is -0.495 e. The van der Waals surface area contributed by atoms with Gasteiger partial charge in [-0.15, -0.1) is 11.8 Å². The van der Waals surface area contributed by atoms with Crippen molar-refractivity contribution in [3.05, 3.63) is 40.8 Å². The van der Waals surface area contributed by atoms with Crippen molar-refractivity contribution >= 4 is 35.0 Å². The van der Waals surface area contributed by atoms with Gasteiger partial charge >= 0.3 is 0 Å². The van der Waals surface area contributed by atoms with Gasteiger partial charge in [0.15, 0.2) is 0 Å². The molecule has 9 heteroatoms. The van der Waals surface area contributed by atoms with Crippen molar-refractivity contribution in [2.45, 2.75) is 24.3 Å². The van der Waals surface area contributed by atoms with Crippen LogP contribution in [0.2, 0.25) is 0 Å². The number of rotatable bonds is 6. The van der Waals surface area contributed by atoms with E-state index in [1.54, 1.807) is 35.4 Å². The smallest absolute Gasteiger partial charge is 0.292 e. The number of benzene rings is 1. The molecule has 0 unspecified atom stereocenters. The Hall–Kier alpha value is -2.81. The number of nitrogens with zero attached hydrogens (tertiary/aromatic N) is 3. The number of methoxy groups -OCH3 is 1. The summed E-state index contributed by atoms with van der Waals surface area (Å²) in [7, 11) is 1.52. The largest absolute Gasteiger partial charge is 0.495 e. The van der Waals surface area contributed by atoms with E-state index in [0.29, 0.717) is 40.2 Å². The monoisotopic (exact) mass is 400 g/mol. The highest BCUT2D eigenvalue weighted by molar-refractivity contribution is 8.00. The number of carbonyl (C=O) groups is 2. The molecule has 2 amide bonds. The molecule has 2 heterocycles. The van der Waals surface area contributed by atoms with Crippen molar-refractivity contribution in [3.63, 3.8) is 0 Å². The van der Waals surface area contributed by atoms with Crippen LogP contribution < -0.4 is 20.5 Å². The molecular formula is C19H20N4O4S. The minimum absolute atomic E-state index is 0.0716. The third-order valence-electron chi connectivity index (χ3n) is 4.72. The number of aromatic nitrogens is 2. The molecular weight excluding hydrogens is 380 g/mol. The van der Waals surface area contributed by atoms with E-state index in [-0.39, 0.29) is 12.5 Å². The molecule has 2 aliphatic rings. The molecule has 1 aromatic heterocycles. The van der Waals surface area contributed by atoms with Gasteiger partial charge in [-0.2, -0.15) is 5.10 Å². The van der Waals surface area contributed by atoms with E-state index >= 15 is 0 Å². The summed E-state index contributed by atoms with van der Waals surface area (Å²) in [6, 6.07) is 7.02. The first-order valence-electron chi connectivity index (χ1n) is 9.03. The number of amides is 2. The second-order valence-corrected chi connectivity index (χ2v) is 7.82. The Bertz CT molecular complexity index is 986. The van der Waals surface area contributed by atoms with Gasteiger partial charge in [0.1, 0.15) is 18.0 Å². The van der Waals surface area contributed by atoms with Crippen LogP contribution in [0.3, 0.4) is 0 Å². The Kier molecular flexibility index (Phi) is 5.08. The molecule has 0 radical (unpaired) electrons. The molecule has 1 aliphatic carbocycles. The van der Waals surface area contributed by atoms with Crippen molar-refractivity contribution in [2.75, 3.05) is 29.6 Å². The van der Waals surface area contributed by atoms with Gasteiger partial charge in [-0.3, -0.25) is 14.4 Å². The van der Waals surface area contributed by atoms with Gasteiger partial charge in [-0.25, -0.2) is 4.68 Å². The van der Waals surface area contributed by atoms with E-state index in [1.807, 2.05) is 0 Å². The van der Waals surface area contributed by atoms with Gasteiger partial charge in [-0.05, 0) is 30.9 Å². The van der Waals surface area contributed by atoms with E-state index in [4.69, 9.17) is 4.74 Å². The number of hydrogen-bond acceptors (Lipinski definition) is 6. The zero-order valence-corrected chi connectivity index (χ0v) is 16.2. The van der Waals surface area contributed by atoms with Crippen molar-refractivity contribution in [2.24, 2.45) is 5.92 Å². The molecule has 0 atom stereocenters. The Morgan fingerprint density at radius 2 is 2.11 bits per heavy atom. The summed E-state index contributed by atoms with van der Waals surface area (Å²) in [5.41, 5.74) is 0.434. The predicted molar refractivity (Wildman–Crippen MR) is 106 cm³/mol. The molecule has 8 nitrogen and oxygen atoms in total. The zero-order valence-electron chi connectivity index (χ0n) is 15.4. The van der Waals surface area contributed by atoms with Gasteiger partial charge in [0.25, 0.3) is 5.56 Å². The van der Waals surface area contributed by atoms with Crippen LogP contribution in [-0.4, -0.2) is 41.0 Å². The highest BCUT2D eigenvalue weighted by atomic mass is 32.2. The Morgan fingerprint density at radius 1 is 1.32 bits per heavy atom. The summed E-state index contributed by atoms with van der Waals surface area (Å²) in [5, 5.41) is 6.85. The third-order valence-corrected chi connectivity index (χ3v) is 5.72. The fourth-order valence-electron chi connectivity index (χ4n) is 3.10. The maximum absolute atomic E-state index is 13.0. The molecule has 146 valence electrons. The minimum atomic E-state index is -0.422. The molecule has 1 N–H and O–H groups in total.